The molecule has 0 heterocycles. The first-order valence-electron chi connectivity index (χ1n) is 7.45. The van der Waals surface area contributed by atoms with Gasteiger partial charge in [-0.1, -0.05) is 18.2 Å². The maximum Gasteiger partial charge on any atom is 0.269 e. The van der Waals surface area contributed by atoms with Crippen LogP contribution in [-0.4, -0.2) is 38.1 Å². The van der Waals surface area contributed by atoms with Crippen LogP contribution in [0.2, 0.25) is 0 Å². The minimum atomic E-state index is -3.90. The molecule has 9 heteroatoms. The summed E-state index contributed by atoms with van der Waals surface area (Å²) in [5, 5.41) is 8.75. The summed E-state index contributed by atoms with van der Waals surface area (Å²) < 4.78 is 25.7. The van der Waals surface area contributed by atoms with Gasteiger partial charge in [0.1, 0.15) is 0 Å². The molecule has 0 radical (unpaired) electrons. The van der Waals surface area contributed by atoms with Crippen LogP contribution in [0.15, 0.2) is 59.5 Å². The summed E-state index contributed by atoms with van der Waals surface area (Å²) in [7, 11) is -2.66. The van der Waals surface area contributed by atoms with Crippen LogP contribution in [0.4, 0.5) is 0 Å². The van der Waals surface area contributed by atoms with E-state index < -0.39 is 28.4 Å². The molecule has 134 valence electrons. The molecule has 2 aromatic rings. The zero-order valence-corrected chi connectivity index (χ0v) is 14.7. The molecule has 0 aliphatic rings. The van der Waals surface area contributed by atoms with Crippen molar-refractivity contribution in [2.45, 2.75) is 4.90 Å². The molecular weight excluding hydrogens is 356 g/mol. The molecule has 0 saturated carbocycles. The summed E-state index contributed by atoms with van der Waals surface area (Å²) in [6.45, 7) is -0.489. The zero-order chi connectivity index (χ0) is 19.2. The van der Waals surface area contributed by atoms with Gasteiger partial charge in [0.05, 0.1) is 23.1 Å². The van der Waals surface area contributed by atoms with Gasteiger partial charge in [0.2, 0.25) is 10.0 Å². The highest BCUT2D eigenvalue weighted by molar-refractivity contribution is 7.89. The van der Waals surface area contributed by atoms with Gasteiger partial charge in [-0.05, 0) is 36.4 Å². The number of hydrazine groups is 1. The number of benzene rings is 2. The predicted octanol–water partition coefficient (Wildman–Crippen LogP) is 0.640. The number of hydrogen-bond donors (Lipinski definition) is 2. The van der Waals surface area contributed by atoms with Gasteiger partial charge in [0.25, 0.3) is 11.8 Å². The number of likely N-dealkylation sites (N-methyl/N-ethyl adjacent to an activating group) is 1. The monoisotopic (exact) mass is 372 g/mol. The Kier molecular flexibility index (Phi) is 6.06. The SMILES string of the molecule is CN(CC(=O)NNC(=O)c1ccccc1)S(=O)(=O)c1ccc(C#N)cc1. The van der Waals surface area contributed by atoms with Crippen LogP contribution in [-0.2, 0) is 14.8 Å². The number of amides is 2. The van der Waals surface area contributed by atoms with Crippen molar-refractivity contribution < 1.29 is 18.0 Å². The van der Waals surface area contributed by atoms with Crippen molar-refractivity contribution in [2.75, 3.05) is 13.6 Å². The van der Waals surface area contributed by atoms with E-state index in [4.69, 9.17) is 5.26 Å². The predicted molar refractivity (Wildman–Crippen MR) is 93.0 cm³/mol. The van der Waals surface area contributed by atoms with E-state index in [-0.39, 0.29) is 4.90 Å². The van der Waals surface area contributed by atoms with Gasteiger partial charge >= 0.3 is 0 Å². The maximum atomic E-state index is 12.4. The van der Waals surface area contributed by atoms with Crippen molar-refractivity contribution in [1.29, 1.82) is 5.26 Å². The molecule has 0 spiro atoms. The van der Waals surface area contributed by atoms with Crippen LogP contribution >= 0.6 is 0 Å². The average Bonchev–Trinajstić information content (AvgIpc) is 2.66. The molecule has 0 unspecified atom stereocenters. The highest BCUT2D eigenvalue weighted by Crippen LogP contribution is 2.14. The lowest BCUT2D eigenvalue weighted by Gasteiger charge is -2.17. The van der Waals surface area contributed by atoms with Crippen LogP contribution in [0.3, 0.4) is 0 Å². The molecule has 2 aromatic carbocycles. The Morgan fingerprint density at radius 1 is 1.04 bits per heavy atom. The Morgan fingerprint density at radius 2 is 1.65 bits per heavy atom. The Bertz CT molecular complexity index is 935. The minimum Gasteiger partial charge on any atom is -0.272 e. The smallest absolute Gasteiger partial charge is 0.269 e. The maximum absolute atomic E-state index is 12.4. The van der Waals surface area contributed by atoms with E-state index in [1.807, 2.05) is 6.07 Å². The molecule has 0 saturated heterocycles. The molecule has 26 heavy (non-hydrogen) atoms. The zero-order valence-electron chi connectivity index (χ0n) is 13.8. The lowest BCUT2D eigenvalue weighted by atomic mass is 10.2. The molecule has 2 rings (SSSR count). The average molecular weight is 372 g/mol. The Morgan fingerprint density at radius 3 is 2.23 bits per heavy atom. The van der Waals surface area contributed by atoms with E-state index in [1.54, 1.807) is 30.3 Å². The molecule has 0 atom stereocenters. The highest BCUT2D eigenvalue weighted by atomic mass is 32.2. The first-order valence-corrected chi connectivity index (χ1v) is 8.89. The van der Waals surface area contributed by atoms with Gasteiger partial charge < -0.3 is 0 Å². The van der Waals surface area contributed by atoms with Crippen molar-refractivity contribution in [2.24, 2.45) is 0 Å². The fourth-order valence-corrected chi connectivity index (χ4v) is 3.12. The third kappa shape index (κ3) is 4.66. The van der Waals surface area contributed by atoms with Crippen molar-refractivity contribution >= 4 is 21.8 Å². The van der Waals surface area contributed by atoms with Crippen molar-refractivity contribution in [1.82, 2.24) is 15.2 Å². The Hall–Kier alpha value is -3.22. The second kappa shape index (κ2) is 8.24. The summed E-state index contributed by atoms with van der Waals surface area (Å²) in [5.41, 5.74) is 5.06. The number of rotatable bonds is 5. The standard InChI is InChI=1S/C17H16N4O4S/c1-21(26(24,25)15-9-7-13(11-18)8-10-15)12-16(22)19-20-17(23)14-5-3-2-4-6-14/h2-10H,12H2,1H3,(H,19,22)(H,20,23). The largest absolute Gasteiger partial charge is 0.272 e. The number of sulfonamides is 1. The van der Waals surface area contributed by atoms with E-state index >= 15 is 0 Å². The molecule has 0 aliphatic heterocycles. The van der Waals surface area contributed by atoms with E-state index in [1.165, 1.54) is 31.3 Å². The normalized spacial score (nSPS) is 10.8. The third-order valence-corrected chi connectivity index (χ3v) is 5.23. The van der Waals surface area contributed by atoms with Crippen LogP contribution in [0, 0.1) is 11.3 Å². The Labute approximate surface area is 151 Å². The summed E-state index contributed by atoms with van der Waals surface area (Å²) in [4.78, 5) is 23.7. The number of carbonyl (C=O) groups is 2. The minimum absolute atomic E-state index is 0.0416. The van der Waals surface area contributed by atoms with Crippen LogP contribution in [0.25, 0.3) is 0 Å². The molecule has 2 amide bonds. The molecule has 8 nitrogen and oxygen atoms in total. The quantitative estimate of drug-likeness (QED) is 0.747. The number of hydrogen-bond acceptors (Lipinski definition) is 5. The molecule has 0 bridgehead atoms. The summed E-state index contributed by atoms with van der Waals surface area (Å²) >= 11 is 0. The molecule has 2 N–H and O–H groups in total. The van der Waals surface area contributed by atoms with E-state index in [0.717, 1.165) is 4.31 Å². The van der Waals surface area contributed by atoms with E-state index in [2.05, 4.69) is 10.9 Å². The summed E-state index contributed by atoms with van der Waals surface area (Å²) in [5.74, 6) is -1.22. The molecule has 0 aliphatic carbocycles. The number of nitrogens with one attached hydrogen (secondary N) is 2. The first-order chi connectivity index (χ1) is 12.3. The van der Waals surface area contributed by atoms with Crippen LogP contribution in [0.1, 0.15) is 15.9 Å². The second-order valence-electron chi connectivity index (χ2n) is 5.27. The number of nitriles is 1. The van der Waals surface area contributed by atoms with Crippen molar-refractivity contribution in [3.8, 4) is 6.07 Å². The fourth-order valence-electron chi connectivity index (χ4n) is 2.00. The summed E-state index contributed by atoms with van der Waals surface area (Å²) in [6, 6.07) is 15.5. The van der Waals surface area contributed by atoms with Gasteiger partial charge in [0.15, 0.2) is 0 Å². The second-order valence-corrected chi connectivity index (χ2v) is 7.31. The van der Waals surface area contributed by atoms with Gasteiger partial charge in [0, 0.05) is 12.6 Å². The van der Waals surface area contributed by atoms with Crippen LogP contribution < -0.4 is 10.9 Å². The number of carbonyl (C=O) groups excluding carboxylic acids is 2. The lowest BCUT2D eigenvalue weighted by molar-refractivity contribution is -0.121. The number of nitrogens with zero attached hydrogens (tertiary/aromatic N) is 2. The topological polar surface area (TPSA) is 119 Å². The summed E-state index contributed by atoms with van der Waals surface area (Å²) in [6.07, 6.45) is 0. The van der Waals surface area contributed by atoms with E-state index in [9.17, 15) is 18.0 Å². The van der Waals surface area contributed by atoms with E-state index in [0.29, 0.717) is 11.1 Å². The Balaban J connectivity index is 1.95. The van der Waals surface area contributed by atoms with Gasteiger partial charge in [-0.25, -0.2) is 8.42 Å². The molecule has 0 fully saturated rings. The fraction of sp³-hybridized carbons (Fsp3) is 0.118. The van der Waals surface area contributed by atoms with Gasteiger partial charge in [-0.15, -0.1) is 0 Å². The van der Waals surface area contributed by atoms with Crippen molar-refractivity contribution in [3.63, 3.8) is 0 Å². The third-order valence-electron chi connectivity index (χ3n) is 3.41. The lowest BCUT2D eigenvalue weighted by Crippen LogP contribution is -2.46. The van der Waals surface area contributed by atoms with Crippen LogP contribution in [0.5, 0.6) is 0 Å². The first kappa shape index (κ1) is 19.1. The molecular formula is C17H16N4O4S. The van der Waals surface area contributed by atoms with Gasteiger partial charge in [-0.3, -0.25) is 20.4 Å². The highest BCUT2D eigenvalue weighted by Gasteiger charge is 2.23. The van der Waals surface area contributed by atoms with Crippen molar-refractivity contribution in [3.05, 3.63) is 65.7 Å². The molecule has 0 aromatic heterocycles. The van der Waals surface area contributed by atoms with Gasteiger partial charge in [-0.2, -0.15) is 9.57 Å².